The van der Waals surface area contributed by atoms with Crippen LogP contribution in [0.4, 0.5) is 27.6 Å². The Kier molecular flexibility index (Phi) is 6.93. The molecule has 4 rings (SSSR count). The van der Waals surface area contributed by atoms with Crippen molar-refractivity contribution in [2.75, 3.05) is 11.6 Å². The summed E-state index contributed by atoms with van der Waals surface area (Å²) in [5.41, 5.74) is -4.62. The number of hydrogen-bond donors (Lipinski definition) is 2. The maximum absolute atomic E-state index is 15.0. The van der Waals surface area contributed by atoms with E-state index in [2.05, 4.69) is 15.5 Å². The molecule has 0 aliphatic heterocycles. The second kappa shape index (κ2) is 9.61. The van der Waals surface area contributed by atoms with Crippen molar-refractivity contribution < 1.29 is 35.7 Å². The second-order valence-corrected chi connectivity index (χ2v) is 11.3. The lowest BCUT2D eigenvalue weighted by atomic mass is 9.76. The summed E-state index contributed by atoms with van der Waals surface area (Å²) in [6.45, 7) is 2.33. The van der Waals surface area contributed by atoms with Crippen molar-refractivity contribution in [2.45, 2.75) is 49.9 Å². The minimum absolute atomic E-state index is 0.0605. The van der Waals surface area contributed by atoms with E-state index in [1.54, 1.807) is 0 Å². The zero-order valence-electron chi connectivity index (χ0n) is 20.5. The van der Waals surface area contributed by atoms with Crippen LogP contribution in [0.5, 0.6) is 11.6 Å². The van der Waals surface area contributed by atoms with Gasteiger partial charge in [-0.15, -0.1) is 10.2 Å². The fourth-order valence-electron chi connectivity index (χ4n) is 4.10. The molecule has 1 atom stereocenters. The maximum atomic E-state index is 15.0. The number of benzene rings is 2. The van der Waals surface area contributed by atoms with Crippen LogP contribution in [-0.4, -0.2) is 26.6 Å². The molecule has 0 saturated heterocycles. The summed E-state index contributed by atoms with van der Waals surface area (Å²) in [4.78, 5) is 13.3. The molecule has 1 heterocycles. The molecule has 2 aromatic carbocycles. The molecular formula is C25H23F5N4O3S. The number of amides is 1. The largest absolute Gasteiger partial charge is 0.437 e. The number of carbonyl (C=O) groups excluding carboxylic acids is 1. The average molecular weight is 555 g/mol. The number of ether oxygens (including phenoxy) is 1. The van der Waals surface area contributed by atoms with Crippen LogP contribution >= 0.6 is 0 Å². The summed E-state index contributed by atoms with van der Waals surface area (Å²) >= 11 is 0. The third-order valence-corrected chi connectivity index (χ3v) is 7.55. The first-order valence-electron chi connectivity index (χ1n) is 11.4. The highest BCUT2D eigenvalue weighted by Gasteiger charge is 2.42. The van der Waals surface area contributed by atoms with Gasteiger partial charge in [0.2, 0.25) is 0 Å². The summed E-state index contributed by atoms with van der Waals surface area (Å²) in [5.74, 6) is -2.73. The van der Waals surface area contributed by atoms with E-state index >= 15 is 4.39 Å². The Balaban J connectivity index is 1.76. The van der Waals surface area contributed by atoms with E-state index in [4.69, 9.17) is 9.52 Å². The lowest BCUT2D eigenvalue weighted by Gasteiger charge is -2.34. The predicted molar refractivity (Wildman–Crippen MR) is 129 cm³/mol. The normalized spacial score (nSPS) is 16.3. The molecule has 1 aliphatic carbocycles. The molecule has 38 heavy (non-hydrogen) atoms. The average Bonchev–Trinajstić information content (AvgIpc) is 2.79. The van der Waals surface area contributed by atoms with Crippen LogP contribution in [0.2, 0.25) is 0 Å². The van der Waals surface area contributed by atoms with E-state index in [-0.39, 0.29) is 40.3 Å². The van der Waals surface area contributed by atoms with Crippen molar-refractivity contribution in [2.24, 2.45) is 0 Å². The summed E-state index contributed by atoms with van der Waals surface area (Å²) in [7, 11) is -3.14. The zero-order chi connectivity index (χ0) is 28.0. The second-order valence-electron chi connectivity index (χ2n) is 9.15. The Morgan fingerprint density at radius 3 is 2.39 bits per heavy atom. The molecule has 1 saturated carbocycles. The number of carbonyl (C=O) groups is 1. The Morgan fingerprint density at radius 2 is 1.82 bits per heavy atom. The SMILES string of the molecule is Cc1c(Oc2nnc(C(F)(F)F)c(C)c2C(=O)Nc2cccc(S(C)(=N)=O)c2)ccc(C2(F)CCC2)c1F. The number of nitrogens with one attached hydrogen (secondary N) is 2. The van der Waals surface area contributed by atoms with Crippen LogP contribution in [0.3, 0.4) is 0 Å². The summed E-state index contributed by atoms with van der Waals surface area (Å²) in [6, 6.07) is 7.95. The van der Waals surface area contributed by atoms with Gasteiger partial charge in [-0.05, 0) is 69.0 Å². The highest BCUT2D eigenvalue weighted by atomic mass is 32.2. The van der Waals surface area contributed by atoms with Gasteiger partial charge in [-0.3, -0.25) is 4.79 Å². The van der Waals surface area contributed by atoms with Gasteiger partial charge in [-0.25, -0.2) is 17.8 Å². The molecule has 1 aromatic heterocycles. The minimum atomic E-state index is -4.94. The molecular weight excluding hydrogens is 531 g/mol. The van der Waals surface area contributed by atoms with E-state index in [9.17, 15) is 26.6 Å². The van der Waals surface area contributed by atoms with E-state index in [0.29, 0.717) is 6.42 Å². The Labute approximate surface area is 215 Å². The molecule has 0 radical (unpaired) electrons. The Morgan fingerprint density at radius 1 is 1.13 bits per heavy atom. The van der Waals surface area contributed by atoms with Gasteiger partial charge in [0, 0.05) is 28.0 Å². The highest BCUT2D eigenvalue weighted by Crippen LogP contribution is 2.47. The minimum Gasteiger partial charge on any atom is -0.437 e. The lowest BCUT2D eigenvalue weighted by Crippen LogP contribution is -2.30. The van der Waals surface area contributed by atoms with Crippen LogP contribution in [0.1, 0.15) is 52.0 Å². The quantitative estimate of drug-likeness (QED) is 0.331. The van der Waals surface area contributed by atoms with Crippen LogP contribution in [0.15, 0.2) is 41.3 Å². The molecule has 202 valence electrons. The zero-order valence-corrected chi connectivity index (χ0v) is 21.3. The fraction of sp³-hybridized carbons (Fsp3) is 0.320. The van der Waals surface area contributed by atoms with Crippen molar-refractivity contribution in [1.82, 2.24) is 10.2 Å². The number of hydrogen-bond acceptors (Lipinski definition) is 6. The smallest absolute Gasteiger partial charge is 0.435 e. The predicted octanol–water partition coefficient (Wildman–Crippen LogP) is 6.68. The van der Waals surface area contributed by atoms with Gasteiger partial charge in [0.25, 0.3) is 11.8 Å². The van der Waals surface area contributed by atoms with Crippen LogP contribution in [0.25, 0.3) is 0 Å². The van der Waals surface area contributed by atoms with E-state index < -0.39 is 56.0 Å². The molecule has 7 nitrogen and oxygen atoms in total. The number of nitrogens with zero attached hydrogens (tertiary/aromatic N) is 2. The Bertz CT molecular complexity index is 1540. The number of anilines is 1. The van der Waals surface area contributed by atoms with E-state index in [0.717, 1.165) is 6.92 Å². The summed E-state index contributed by atoms with van der Waals surface area (Å²) in [6.07, 6.45) is -2.80. The molecule has 1 aliphatic rings. The fourth-order valence-corrected chi connectivity index (χ4v) is 4.79. The van der Waals surface area contributed by atoms with Crippen LogP contribution in [-0.2, 0) is 21.6 Å². The topological polar surface area (TPSA) is 105 Å². The van der Waals surface area contributed by atoms with Gasteiger partial charge >= 0.3 is 6.18 Å². The first-order valence-corrected chi connectivity index (χ1v) is 13.3. The molecule has 1 fully saturated rings. The van der Waals surface area contributed by atoms with Crippen molar-refractivity contribution in [1.29, 1.82) is 4.78 Å². The van der Waals surface area contributed by atoms with Gasteiger partial charge in [0.1, 0.15) is 22.8 Å². The standard InChI is InChI=1S/C25H23F5N4O3S/c1-13-18(9-8-17(20(13)26)24(27)10-5-11-24)37-23-19(14(2)21(33-34-23)25(28,29)30)22(35)32-15-6-4-7-16(12-15)38(3,31)36/h4,6-9,12,31H,5,10-11H2,1-3H3,(H,32,35). The molecule has 3 aromatic rings. The molecule has 1 amide bonds. The number of halogens is 5. The third-order valence-electron chi connectivity index (χ3n) is 6.39. The highest BCUT2D eigenvalue weighted by molar-refractivity contribution is 7.91. The van der Waals surface area contributed by atoms with Gasteiger partial charge in [0.15, 0.2) is 5.69 Å². The van der Waals surface area contributed by atoms with Crippen molar-refractivity contribution >= 4 is 21.3 Å². The van der Waals surface area contributed by atoms with Crippen LogP contribution in [0, 0.1) is 24.4 Å². The lowest BCUT2D eigenvalue weighted by molar-refractivity contribution is -0.142. The number of aromatic nitrogens is 2. The monoisotopic (exact) mass is 554 g/mol. The van der Waals surface area contributed by atoms with E-state index in [1.165, 1.54) is 49.6 Å². The van der Waals surface area contributed by atoms with Crippen molar-refractivity contribution in [3.8, 4) is 11.6 Å². The van der Waals surface area contributed by atoms with Crippen LogP contribution < -0.4 is 10.1 Å². The van der Waals surface area contributed by atoms with Gasteiger partial charge in [-0.1, -0.05) is 6.07 Å². The van der Waals surface area contributed by atoms with E-state index in [1.807, 2.05) is 0 Å². The summed E-state index contributed by atoms with van der Waals surface area (Å²) in [5, 5.41) is 9.04. The Hall–Kier alpha value is -3.61. The maximum Gasteiger partial charge on any atom is 0.435 e. The van der Waals surface area contributed by atoms with Gasteiger partial charge < -0.3 is 10.1 Å². The summed E-state index contributed by atoms with van der Waals surface area (Å²) < 4.78 is 95.9. The molecule has 2 N–H and O–H groups in total. The third kappa shape index (κ3) is 5.19. The first kappa shape index (κ1) is 27.4. The molecule has 13 heteroatoms. The number of rotatable bonds is 6. The number of alkyl halides is 4. The van der Waals surface area contributed by atoms with Gasteiger partial charge in [0.05, 0.1) is 9.73 Å². The van der Waals surface area contributed by atoms with Crippen molar-refractivity contribution in [3.05, 3.63) is 70.2 Å². The first-order chi connectivity index (χ1) is 17.6. The molecule has 0 bridgehead atoms. The molecule has 1 unspecified atom stereocenters. The molecule has 0 spiro atoms. The van der Waals surface area contributed by atoms with Crippen molar-refractivity contribution in [3.63, 3.8) is 0 Å². The van der Waals surface area contributed by atoms with Gasteiger partial charge in [-0.2, -0.15) is 13.2 Å².